The maximum Gasteiger partial charge on any atom is 0.123 e. The fourth-order valence-corrected chi connectivity index (χ4v) is 2.06. The largest absolute Gasteiger partial charge is 0.396 e. The second-order valence-corrected chi connectivity index (χ2v) is 4.62. The van der Waals surface area contributed by atoms with Crippen LogP contribution in [-0.2, 0) is 6.42 Å². The molecule has 0 radical (unpaired) electrons. The molecule has 0 bridgehead atoms. The minimum absolute atomic E-state index is 0.0251. The van der Waals surface area contributed by atoms with Crippen molar-refractivity contribution >= 4 is 0 Å². The van der Waals surface area contributed by atoms with E-state index in [1.165, 1.54) is 17.7 Å². The lowest BCUT2D eigenvalue weighted by atomic mass is 9.92. The summed E-state index contributed by atoms with van der Waals surface area (Å²) in [6, 6.07) is 14.7. The number of aryl methyl sites for hydroxylation is 1. The number of aliphatic hydroxyl groups excluding tert-OH is 1. The average molecular weight is 244 g/mol. The Bertz CT molecular complexity index is 505. The standard InChI is InChI=1S/C16H17FO/c1-12-5-7-13(8-6-12)9-15(11-18)14-3-2-4-16(17)10-14/h2-8,10,15,18H,9,11H2,1H3. The second-order valence-electron chi connectivity index (χ2n) is 4.62. The summed E-state index contributed by atoms with van der Waals surface area (Å²) in [5, 5.41) is 9.46. The van der Waals surface area contributed by atoms with E-state index in [0.29, 0.717) is 0 Å². The van der Waals surface area contributed by atoms with E-state index < -0.39 is 0 Å². The summed E-state index contributed by atoms with van der Waals surface area (Å²) < 4.78 is 13.2. The molecule has 0 heterocycles. The van der Waals surface area contributed by atoms with Crippen molar-refractivity contribution in [3.8, 4) is 0 Å². The fraction of sp³-hybridized carbons (Fsp3) is 0.250. The number of hydrogen-bond acceptors (Lipinski definition) is 1. The summed E-state index contributed by atoms with van der Waals surface area (Å²) in [6.45, 7) is 2.07. The topological polar surface area (TPSA) is 20.2 Å². The molecular formula is C16H17FO. The van der Waals surface area contributed by atoms with Crippen LogP contribution < -0.4 is 0 Å². The van der Waals surface area contributed by atoms with Gasteiger partial charge in [-0.25, -0.2) is 4.39 Å². The molecule has 2 rings (SSSR count). The van der Waals surface area contributed by atoms with Gasteiger partial charge in [-0.05, 0) is 36.6 Å². The van der Waals surface area contributed by atoms with Crippen LogP contribution in [0.25, 0.3) is 0 Å². The highest BCUT2D eigenvalue weighted by molar-refractivity contribution is 5.26. The summed E-state index contributed by atoms with van der Waals surface area (Å²) >= 11 is 0. The first-order chi connectivity index (χ1) is 8.69. The Hall–Kier alpha value is -1.67. The fourth-order valence-electron chi connectivity index (χ4n) is 2.06. The van der Waals surface area contributed by atoms with Gasteiger partial charge < -0.3 is 5.11 Å². The lowest BCUT2D eigenvalue weighted by molar-refractivity contribution is 0.264. The number of rotatable bonds is 4. The third-order valence-corrected chi connectivity index (χ3v) is 3.14. The molecule has 0 saturated heterocycles. The second kappa shape index (κ2) is 5.78. The summed E-state index contributed by atoms with van der Waals surface area (Å²) in [4.78, 5) is 0. The first-order valence-electron chi connectivity index (χ1n) is 6.11. The Morgan fingerprint density at radius 2 is 1.83 bits per heavy atom. The van der Waals surface area contributed by atoms with E-state index in [2.05, 4.69) is 24.3 Å². The van der Waals surface area contributed by atoms with Crippen LogP contribution in [0, 0.1) is 12.7 Å². The van der Waals surface area contributed by atoms with Gasteiger partial charge in [0.2, 0.25) is 0 Å². The number of halogens is 1. The van der Waals surface area contributed by atoms with Gasteiger partial charge in [0.05, 0.1) is 6.61 Å². The maximum atomic E-state index is 13.2. The molecule has 94 valence electrons. The molecule has 0 amide bonds. The van der Waals surface area contributed by atoms with Gasteiger partial charge in [0.15, 0.2) is 0 Å². The number of benzene rings is 2. The average Bonchev–Trinajstić information content (AvgIpc) is 2.38. The molecular weight excluding hydrogens is 227 g/mol. The zero-order chi connectivity index (χ0) is 13.0. The molecule has 0 aliphatic heterocycles. The Labute approximate surface area is 107 Å². The summed E-state index contributed by atoms with van der Waals surface area (Å²) in [6.07, 6.45) is 0.722. The molecule has 1 N–H and O–H groups in total. The van der Waals surface area contributed by atoms with Crippen LogP contribution in [0.3, 0.4) is 0 Å². The molecule has 2 heteroatoms. The Kier molecular flexibility index (Phi) is 4.11. The molecule has 0 saturated carbocycles. The molecule has 1 nitrogen and oxygen atoms in total. The zero-order valence-corrected chi connectivity index (χ0v) is 10.4. The van der Waals surface area contributed by atoms with Gasteiger partial charge in [0.1, 0.15) is 5.82 Å². The van der Waals surface area contributed by atoms with E-state index >= 15 is 0 Å². The van der Waals surface area contributed by atoms with Gasteiger partial charge in [-0.1, -0.05) is 42.0 Å². The lowest BCUT2D eigenvalue weighted by Gasteiger charge is -2.15. The van der Waals surface area contributed by atoms with Crippen molar-refractivity contribution < 1.29 is 9.50 Å². The van der Waals surface area contributed by atoms with E-state index in [1.807, 2.05) is 13.0 Å². The number of hydrogen-bond donors (Lipinski definition) is 1. The van der Waals surface area contributed by atoms with E-state index in [4.69, 9.17) is 0 Å². The third kappa shape index (κ3) is 3.17. The minimum atomic E-state index is -0.255. The van der Waals surface area contributed by atoms with Crippen LogP contribution in [0.1, 0.15) is 22.6 Å². The van der Waals surface area contributed by atoms with Gasteiger partial charge in [-0.3, -0.25) is 0 Å². The van der Waals surface area contributed by atoms with Crippen LogP contribution in [0.15, 0.2) is 48.5 Å². The first kappa shape index (κ1) is 12.8. The Balaban J connectivity index is 2.17. The van der Waals surface area contributed by atoms with Crippen LogP contribution in [0.2, 0.25) is 0 Å². The maximum absolute atomic E-state index is 13.2. The molecule has 0 aliphatic rings. The van der Waals surface area contributed by atoms with Gasteiger partial charge in [-0.15, -0.1) is 0 Å². The van der Waals surface area contributed by atoms with Crippen molar-refractivity contribution in [1.29, 1.82) is 0 Å². The molecule has 2 aromatic carbocycles. The Morgan fingerprint density at radius 3 is 2.44 bits per heavy atom. The van der Waals surface area contributed by atoms with Gasteiger partial charge >= 0.3 is 0 Å². The van der Waals surface area contributed by atoms with Gasteiger partial charge in [0, 0.05) is 5.92 Å². The Morgan fingerprint density at radius 1 is 1.11 bits per heavy atom. The molecule has 1 unspecified atom stereocenters. The molecule has 2 aromatic rings. The van der Waals surface area contributed by atoms with Crippen molar-refractivity contribution in [2.75, 3.05) is 6.61 Å². The minimum Gasteiger partial charge on any atom is -0.396 e. The van der Waals surface area contributed by atoms with E-state index in [0.717, 1.165) is 17.5 Å². The van der Waals surface area contributed by atoms with Crippen LogP contribution in [0.5, 0.6) is 0 Å². The normalized spacial score (nSPS) is 12.4. The molecule has 18 heavy (non-hydrogen) atoms. The molecule has 0 aromatic heterocycles. The molecule has 0 fully saturated rings. The zero-order valence-electron chi connectivity index (χ0n) is 10.4. The third-order valence-electron chi connectivity index (χ3n) is 3.14. The summed E-state index contributed by atoms with van der Waals surface area (Å²) in [5.41, 5.74) is 3.21. The predicted molar refractivity (Wildman–Crippen MR) is 71.1 cm³/mol. The van der Waals surface area contributed by atoms with E-state index in [9.17, 15) is 9.50 Å². The van der Waals surface area contributed by atoms with Gasteiger partial charge in [-0.2, -0.15) is 0 Å². The lowest BCUT2D eigenvalue weighted by Crippen LogP contribution is -2.08. The first-order valence-corrected chi connectivity index (χ1v) is 6.11. The monoisotopic (exact) mass is 244 g/mol. The highest BCUT2D eigenvalue weighted by Gasteiger charge is 2.11. The van der Waals surface area contributed by atoms with E-state index in [1.54, 1.807) is 6.07 Å². The summed E-state index contributed by atoms with van der Waals surface area (Å²) in [7, 11) is 0. The molecule has 0 spiro atoms. The van der Waals surface area contributed by atoms with Crippen molar-refractivity contribution in [3.05, 3.63) is 71.0 Å². The smallest absolute Gasteiger partial charge is 0.123 e. The van der Waals surface area contributed by atoms with Crippen molar-refractivity contribution in [1.82, 2.24) is 0 Å². The quantitative estimate of drug-likeness (QED) is 0.873. The molecule has 1 atom stereocenters. The van der Waals surface area contributed by atoms with Gasteiger partial charge in [0.25, 0.3) is 0 Å². The molecule has 0 aliphatic carbocycles. The number of aliphatic hydroxyl groups is 1. The summed E-state index contributed by atoms with van der Waals surface area (Å²) in [5.74, 6) is -0.307. The predicted octanol–water partition coefficient (Wildman–Crippen LogP) is 3.45. The van der Waals surface area contributed by atoms with Crippen LogP contribution >= 0.6 is 0 Å². The highest BCUT2D eigenvalue weighted by Crippen LogP contribution is 2.21. The van der Waals surface area contributed by atoms with E-state index in [-0.39, 0.29) is 18.3 Å². The van der Waals surface area contributed by atoms with Crippen molar-refractivity contribution in [2.45, 2.75) is 19.3 Å². The van der Waals surface area contributed by atoms with Crippen molar-refractivity contribution in [2.24, 2.45) is 0 Å². The SMILES string of the molecule is Cc1ccc(CC(CO)c2cccc(F)c2)cc1. The highest BCUT2D eigenvalue weighted by atomic mass is 19.1. The van der Waals surface area contributed by atoms with Crippen LogP contribution in [0.4, 0.5) is 4.39 Å². The van der Waals surface area contributed by atoms with Crippen molar-refractivity contribution in [3.63, 3.8) is 0 Å². The van der Waals surface area contributed by atoms with Crippen LogP contribution in [-0.4, -0.2) is 11.7 Å².